The highest BCUT2D eigenvalue weighted by Crippen LogP contribution is 2.22. The number of carbonyl (C=O) groups is 1. The SMILES string of the molecule is Cc1cccc(S(=O)(=O)c2ccc(CCC(=O)c3cnc4nccn4c3)cc2)c1. The molecule has 0 saturated heterocycles. The Labute approximate surface area is 168 Å². The molecule has 0 bridgehead atoms. The van der Waals surface area contributed by atoms with Crippen LogP contribution in [0.4, 0.5) is 0 Å². The number of Topliss-reactive ketones (excluding diaryl/α,β-unsaturated/α-hetero) is 1. The van der Waals surface area contributed by atoms with Crippen molar-refractivity contribution in [1.29, 1.82) is 0 Å². The van der Waals surface area contributed by atoms with Crippen molar-refractivity contribution in [2.45, 2.75) is 29.6 Å². The number of hydrogen-bond acceptors (Lipinski definition) is 5. The van der Waals surface area contributed by atoms with Crippen molar-refractivity contribution in [3.63, 3.8) is 0 Å². The average molecular weight is 405 g/mol. The van der Waals surface area contributed by atoms with E-state index in [9.17, 15) is 13.2 Å². The largest absolute Gasteiger partial charge is 0.294 e. The quantitative estimate of drug-likeness (QED) is 0.457. The van der Waals surface area contributed by atoms with Gasteiger partial charge in [-0.05, 0) is 48.7 Å². The van der Waals surface area contributed by atoms with E-state index in [4.69, 9.17) is 0 Å². The van der Waals surface area contributed by atoms with Gasteiger partial charge in [-0.1, -0.05) is 24.3 Å². The number of fused-ring (bicyclic) bond motifs is 1. The topological polar surface area (TPSA) is 81.4 Å². The Morgan fingerprint density at radius 1 is 1.03 bits per heavy atom. The lowest BCUT2D eigenvalue weighted by Crippen LogP contribution is -2.05. The van der Waals surface area contributed by atoms with E-state index in [-0.39, 0.29) is 15.6 Å². The zero-order chi connectivity index (χ0) is 20.4. The smallest absolute Gasteiger partial charge is 0.233 e. The molecule has 0 amide bonds. The Hall–Kier alpha value is -3.32. The van der Waals surface area contributed by atoms with E-state index in [1.54, 1.807) is 65.5 Å². The van der Waals surface area contributed by atoms with Crippen LogP contribution in [-0.2, 0) is 16.3 Å². The first kappa shape index (κ1) is 19.0. The third-order valence-corrected chi connectivity index (χ3v) is 6.51. The molecule has 146 valence electrons. The first-order chi connectivity index (χ1) is 13.9. The maximum atomic E-state index is 12.8. The fraction of sp³-hybridized carbons (Fsp3) is 0.136. The van der Waals surface area contributed by atoms with E-state index >= 15 is 0 Å². The second-order valence-electron chi connectivity index (χ2n) is 6.86. The van der Waals surface area contributed by atoms with Crippen LogP contribution in [0.15, 0.2) is 83.1 Å². The zero-order valence-electron chi connectivity index (χ0n) is 15.8. The predicted octanol–water partition coefficient (Wildman–Crippen LogP) is 3.69. The number of rotatable bonds is 6. The predicted molar refractivity (Wildman–Crippen MR) is 109 cm³/mol. The van der Waals surface area contributed by atoms with Gasteiger partial charge in [0.2, 0.25) is 15.6 Å². The first-order valence-electron chi connectivity index (χ1n) is 9.16. The number of benzene rings is 2. The number of nitrogens with zero attached hydrogens (tertiary/aromatic N) is 3. The molecule has 0 radical (unpaired) electrons. The number of carbonyl (C=O) groups excluding carboxylic acids is 1. The Balaban J connectivity index is 1.46. The summed E-state index contributed by atoms with van der Waals surface area (Å²) < 4.78 is 27.2. The molecule has 0 unspecified atom stereocenters. The van der Waals surface area contributed by atoms with E-state index in [0.717, 1.165) is 11.1 Å². The van der Waals surface area contributed by atoms with Crippen molar-refractivity contribution in [2.75, 3.05) is 0 Å². The van der Waals surface area contributed by atoms with Crippen molar-refractivity contribution in [2.24, 2.45) is 0 Å². The lowest BCUT2D eigenvalue weighted by molar-refractivity contribution is 0.0982. The molecule has 0 fully saturated rings. The Morgan fingerprint density at radius 3 is 2.59 bits per heavy atom. The van der Waals surface area contributed by atoms with E-state index in [0.29, 0.717) is 24.2 Å². The summed E-state index contributed by atoms with van der Waals surface area (Å²) in [6, 6.07) is 13.6. The van der Waals surface area contributed by atoms with Crippen LogP contribution in [0.1, 0.15) is 27.9 Å². The number of sulfone groups is 1. The standard InChI is InChI=1S/C22H19N3O3S/c1-16-3-2-4-20(13-16)29(27,28)19-8-5-17(6-9-19)7-10-21(26)18-14-24-22-23-11-12-25(22)15-18/h2-6,8-9,11-15H,7,10H2,1H3. The minimum Gasteiger partial charge on any atom is -0.294 e. The zero-order valence-corrected chi connectivity index (χ0v) is 16.6. The average Bonchev–Trinajstić information content (AvgIpc) is 3.20. The van der Waals surface area contributed by atoms with Crippen LogP contribution in [0.25, 0.3) is 5.78 Å². The molecule has 2 aromatic carbocycles. The minimum atomic E-state index is -3.55. The van der Waals surface area contributed by atoms with Gasteiger partial charge in [0.1, 0.15) is 0 Å². The fourth-order valence-electron chi connectivity index (χ4n) is 3.12. The highest BCUT2D eigenvalue weighted by molar-refractivity contribution is 7.91. The maximum Gasteiger partial charge on any atom is 0.233 e. The Morgan fingerprint density at radius 2 is 1.83 bits per heavy atom. The number of aromatic nitrogens is 3. The number of ketones is 1. The summed E-state index contributed by atoms with van der Waals surface area (Å²) in [5.74, 6) is 0.525. The summed E-state index contributed by atoms with van der Waals surface area (Å²) in [6.07, 6.45) is 7.45. The molecular weight excluding hydrogens is 386 g/mol. The fourth-order valence-corrected chi connectivity index (χ4v) is 4.48. The number of imidazole rings is 1. The molecule has 0 aliphatic heterocycles. The summed E-state index contributed by atoms with van der Waals surface area (Å²) in [5, 5.41) is 0. The summed E-state index contributed by atoms with van der Waals surface area (Å²) in [5.41, 5.74) is 2.32. The summed E-state index contributed by atoms with van der Waals surface area (Å²) in [6.45, 7) is 1.86. The van der Waals surface area contributed by atoms with Gasteiger partial charge in [-0.25, -0.2) is 18.4 Å². The normalized spacial score (nSPS) is 11.6. The van der Waals surface area contributed by atoms with Gasteiger partial charge in [0.15, 0.2) is 5.78 Å². The molecule has 2 heterocycles. The molecule has 0 aliphatic carbocycles. The second-order valence-corrected chi connectivity index (χ2v) is 8.81. The van der Waals surface area contributed by atoms with Crippen LogP contribution in [0, 0.1) is 6.92 Å². The highest BCUT2D eigenvalue weighted by Gasteiger charge is 2.17. The second kappa shape index (κ2) is 7.60. The van der Waals surface area contributed by atoms with Gasteiger partial charge in [-0.15, -0.1) is 0 Å². The highest BCUT2D eigenvalue weighted by atomic mass is 32.2. The molecule has 7 heteroatoms. The third kappa shape index (κ3) is 3.95. The maximum absolute atomic E-state index is 12.8. The molecule has 6 nitrogen and oxygen atoms in total. The van der Waals surface area contributed by atoms with E-state index in [1.807, 2.05) is 13.0 Å². The molecule has 4 aromatic rings. The van der Waals surface area contributed by atoms with Crippen LogP contribution in [-0.4, -0.2) is 28.6 Å². The van der Waals surface area contributed by atoms with Crippen molar-refractivity contribution in [1.82, 2.24) is 14.4 Å². The van der Waals surface area contributed by atoms with Gasteiger partial charge < -0.3 is 0 Å². The molecule has 0 aliphatic rings. The van der Waals surface area contributed by atoms with Gasteiger partial charge >= 0.3 is 0 Å². The van der Waals surface area contributed by atoms with Gasteiger partial charge in [0.05, 0.1) is 15.4 Å². The minimum absolute atomic E-state index is 0.0236. The lowest BCUT2D eigenvalue weighted by atomic mass is 10.0. The summed E-state index contributed by atoms with van der Waals surface area (Å²) >= 11 is 0. The van der Waals surface area contributed by atoms with E-state index in [2.05, 4.69) is 9.97 Å². The summed E-state index contributed by atoms with van der Waals surface area (Å²) in [4.78, 5) is 21.2. The van der Waals surface area contributed by atoms with Crippen molar-refractivity contribution in [3.05, 3.63) is 90.0 Å². The molecule has 0 N–H and O–H groups in total. The monoisotopic (exact) mass is 405 g/mol. The Bertz CT molecular complexity index is 1290. The molecule has 0 spiro atoms. The molecule has 0 saturated carbocycles. The number of hydrogen-bond donors (Lipinski definition) is 0. The Kier molecular flexibility index (Phi) is 4.98. The van der Waals surface area contributed by atoms with Gasteiger partial charge in [-0.2, -0.15) is 0 Å². The molecule has 29 heavy (non-hydrogen) atoms. The van der Waals surface area contributed by atoms with E-state index < -0.39 is 9.84 Å². The molecule has 4 rings (SSSR count). The first-order valence-corrected chi connectivity index (χ1v) is 10.6. The van der Waals surface area contributed by atoms with Crippen LogP contribution in [0.2, 0.25) is 0 Å². The van der Waals surface area contributed by atoms with Gasteiger partial charge in [0.25, 0.3) is 0 Å². The van der Waals surface area contributed by atoms with Crippen molar-refractivity contribution in [3.8, 4) is 0 Å². The van der Waals surface area contributed by atoms with Crippen LogP contribution in [0.3, 0.4) is 0 Å². The van der Waals surface area contributed by atoms with Gasteiger partial charge in [0, 0.05) is 31.2 Å². The lowest BCUT2D eigenvalue weighted by Gasteiger charge is -2.07. The third-order valence-electron chi connectivity index (χ3n) is 4.74. The summed E-state index contributed by atoms with van der Waals surface area (Å²) in [7, 11) is -3.55. The molecule has 2 aromatic heterocycles. The number of aryl methyl sites for hydroxylation is 2. The van der Waals surface area contributed by atoms with Crippen molar-refractivity contribution >= 4 is 21.4 Å². The molecular formula is C22H19N3O3S. The molecule has 0 atom stereocenters. The van der Waals surface area contributed by atoms with Gasteiger partial charge in [-0.3, -0.25) is 9.20 Å². The van der Waals surface area contributed by atoms with Crippen LogP contribution < -0.4 is 0 Å². The van der Waals surface area contributed by atoms with Crippen LogP contribution in [0.5, 0.6) is 0 Å². The van der Waals surface area contributed by atoms with Crippen LogP contribution >= 0.6 is 0 Å². The van der Waals surface area contributed by atoms with Crippen molar-refractivity contribution < 1.29 is 13.2 Å². The van der Waals surface area contributed by atoms with E-state index in [1.165, 1.54) is 6.20 Å².